The molecular weight excluding hydrogens is 592 g/mol. The van der Waals surface area contributed by atoms with Crippen LogP contribution < -0.4 is 0 Å². The van der Waals surface area contributed by atoms with Gasteiger partial charge in [0.1, 0.15) is 23.4 Å². The van der Waals surface area contributed by atoms with Crippen LogP contribution in [0.5, 0.6) is 0 Å². The minimum atomic E-state index is -0.661. The topological polar surface area (TPSA) is 118 Å². The molecule has 12 nitrogen and oxygen atoms in total. The van der Waals surface area contributed by atoms with E-state index < -0.39 is 34.8 Å². The number of ether oxygens (including phenoxy) is 4. The Morgan fingerprint density at radius 1 is 0.652 bits per heavy atom. The standard InChI is InChI=1S/C34H56N4O8/c1-32(2,3)44-28(39)23-36-17-15-35(19-21-38(22-20-36)31(42)43-26-27-13-11-10-12-14-27)16-18-37(24-29(40)45-33(4,5)6)25-30(41)46-34(7,8)9/h10-14H,15-26H2,1-9H3. The molecule has 1 aliphatic rings. The molecule has 1 fully saturated rings. The molecule has 1 heterocycles. The Kier molecular flexibility index (Phi) is 14.9. The maximum Gasteiger partial charge on any atom is 0.410 e. The van der Waals surface area contributed by atoms with E-state index in [1.807, 2.05) is 56.0 Å². The second-order valence-electron chi connectivity index (χ2n) is 14.6. The fraction of sp³-hybridized carbons (Fsp3) is 0.706. The number of benzene rings is 1. The number of amides is 1. The monoisotopic (exact) mass is 648 g/mol. The van der Waals surface area contributed by atoms with E-state index in [1.54, 1.807) is 51.3 Å². The number of nitrogens with zero attached hydrogens (tertiary/aromatic N) is 4. The Bertz CT molecular complexity index is 1090. The lowest BCUT2D eigenvalue weighted by Crippen LogP contribution is -2.45. The van der Waals surface area contributed by atoms with Crippen molar-refractivity contribution in [2.75, 3.05) is 72.0 Å². The summed E-state index contributed by atoms with van der Waals surface area (Å²) in [6, 6.07) is 9.49. The van der Waals surface area contributed by atoms with Crippen molar-refractivity contribution >= 4 is 24.0 Å². The van der Waals surface area contributed by atoms with Crippen molar-refractivity contribution in [3.8, 4) is 0 Å². The lowest BCUT2D eigenvalue weighted by Gasteiger charge is -2.30. The first-order valence-electron chi connectivity index (χ1n) is 16.1. The van der Waals surface area contributed by atoms with Crippen molar-refractivity contribution in [2.45, 2.75) is 85.7 Å². The van der Waals surface area contributed by atoms with Gasteiger partial charge in [-0.25, -0.2) is 4.79 Å². The lowest BCUT2D eigenvalue weighted by atomic mass is 10.2. The SMILES string of the molecule is CC(C)(C)OC(=O)CN1CCN(CCN(CC(=O)OC(C)(C)C)CC(=O)OC(C)(C)C)CCN(C(=O)OCc2ccccc2)CC1. The van der Waals surface area contributed by atoms with Gasteiger partial charge in [-0.3, -0.25) is 29.1 Å². The summed E-state index contributed by atoms with van der Waals surface area (Å²) in [5, 5.41) is 0. The summed E-state index contributed by atoms with van der Waals surface area (Å²) in [6.45, 7) is 20.2. The van der Waals surface area contributed by atoms with Gasteiger partial charge < -0.3 is 23.8 Å². The van der Waals surface area contributed by atoms with Gasteiger partial charge >= 0.3 is 24.0 Å². The third-order valence-corrected chi connectivity index (χ3v) is 6.62. The van der Waals surface area contributed by atoms with E-state index in [9.17, 15) is 19.2 Å². The quantitative estimate of drug-likeness (QED) is 0.259. The number of carbonyl (C=O) groups excluding carboxylic acids is 4. The third kappa shape index (κ3) is 17.5. The zero-order valence-electron chi connectivity index (χ0n) is 29.4. The van der Waals surface area contributed by atoms with Crippen LogP contribution in [-0.2, 0) is 39.9 Å². The van der Waals surface area contributed by atoms with E-state index in [1.165, 1.54) is 0 Å². The van der Waals surface area contributed by atoms with E-state index in [0.717, 1.165) is 5.56 Å². The predicted octanol–water partition coefficient (Wildman–Crippen LogP) is 3.57. The van der Waals surface area contributed by atoms with Crippen LogP contribution in [0.15, 0.2) is 30.3 Å². The van der Waals surface area contributed by atoms with Crippen molar-refractivity contribution in [3.05, 3.63) is 35.9 Å². The molecule has 12 heteroatoms. The predicted molar refractivity (Wildman–Crippen MR) is 175 cm³/mol. The number of rotatable bonds is 11. The van der Waals surface area contributed by atoms with Crippen LogP contribution in [0.2, 0.25) is 0 Å². The van der Waals surface area contributed by atoms with Gasteiger partial charge in [0.25, 0.3) is 0 Å². The number of hydrogen-bond acceptors (Lipinski definition) is 11. The largest absolute Gasteiger partial charge is 0.459 e. The first-order valence-corrected chi connectivity index (χ1v) is 16.1. The maximum absolute atomic E-state index is 13.2. The first-order chi connectivity index (χ1) is 21.3. The lowest BCUT2D eigenvalue weighted by molar-refractivity contribution is -0.160. The number of esters is 3. The normalized spacial score (nSPS) is 15.8. The summed E-state index contributed by atoms with van der Waals surface area (Å²) in [4.78, 5) is 58.8. The van der Waals surface area contributed by atoms with E-state index in [2.05, 4.69) is 4.90 Å². The van der Waals surface area contributed by atoms with Crippen LogP contribution >= 0.6 is 0 Å². The van der Waals surface area contributed by atoms with Gasteiger partial charge in [0, 0.05) is 52.4 Å². The summed E-state index contributed by atoms with van der Waals surface area (Å²) in [7, 11) is 0. The minimum absolute atomic E-state index is 0.0763. The van der Waals surface area contributed by atoms with Crippen LogP contribution in [0.1, 0.15) is 67.9 Å². The highest BCUT2D eigenvalue weighted by atomic mass is 16.6. The summed E-state index contributed by atoms with van der Waals surface area (Å²) < 4.78 is 22.2. The van der Waals surface area contributed by atoms with E-state index in [0.29, 0.717) is 52.4 Å². The van der Waals surface area contributed by atoms with Gasteiger partial charge in [-0.1, -0.05) is 30.3 Å². The molecule has 0 saturated carbocycles. The maximum atomic E-state index is 13.2. The highest BCUT2D eigenvalue weighted by molar-refractivity contribution is 5.75. The van der Waals surface area contributed by atoms with Gasteiger partial charge in [0.15, 0.2) is 0 Å². The van der Waals surface area contributed by atoms with Crippen molar-refractivity contribution in [2.24, 2.45) is 0 Å². The Labute approximate surface area is 275 Å². The molecule has 1 saturated heterocycles. The molecule has 46 heavy (non-hydrogen) atoms. The van der Waals surface area contributed by atoms with Crippen LogP contribution in [0, 0.1) is 0 Å². The Balaban J connectivity index is 2.16. The Morgan fingerprint density at radius 3 is 1.63 bits per heavy atom. The highest BCUT2D eigenvalue weighted by Crippen LogP contribution is 2.12. The number of hydrogen-bond donors (Lipinski definition) is 0. The van der Waals surface area contributed by atoms with E-state index in [-0.39, 0.29) is 32.2 Å². The van der Waals surface area contributed by atoms with Gasteiger partial charge in [-0.15, -0.1) is 0 Å². The van der Waals surface area contributed by atoms with Crippen molar-refractivity contribution in [3.63, 3.8) is 0 Å². The molecule has 2 rings (SSSR count). The first kappa shape index (κ1) is 39.0. The van der Waals surface area contributed by atoms with Crippen LogP contribution in [0.25, 0.3) is 0 Å². The average Bonchev–Trinajstić information content (AvgIpc) is 2.98. The molecule has 260 valence electrons. The second kappa shape index (κ2) is 17.6. The average molecular weight is 649 g/mol. The van der Waals surface area contributed by atoms with Crippen LogP contribution in [-0.4, -0.2) is 132 Å². The fourth-order valence-corrected chi connectivity index (χ4v) is 4.68. The molecule has 0 unspecified atom stereocenters. The molecule has 1 aromatic carbocycles. The molecule has 0 spiro atoms. The Hall–Kier alpha value is -3.22. The molecule has 0 aliphatic carbocycles. The van der Waals surface area contributed by atoms with E-state index >= 15 is 0 Å². The van der Waals surface area contributed by atoms with Crippen LogP contribution in [0.3, 0.4) is 0 Å². The van der Waals surface area contributed by atoms with E-state index in [4.69, 9.17) is 18.9 Å². The molecule has 1 aliphatic heterocycles. The highest BCUT2D eigenvalue weighted by Gasteiger charge is 2.26. The third-order valence-electron chi connectivity index (χ3n) is 6.62. The zero-order chi connectivity index (χ0) is 34.5. The summed E-state index contributed by atoms with van der Waals surface area (Å²) in [5.74, 6) is -1.20. The summed E-state index contributed by atoms with van der Waals surface area (Å²) >= 11 is 0. The molecule has 1 aromatic rings. The molecule has 0 aromatic heterocycles. The summed E-state index contributed by atoms with van der Waals surface area (Å²) in [5.41, 5.74) is -1.04. The van der Waals surface area contributed by atoms with Gasteiger partial charge in [-0.05, 0) is 67.9 Å². The number of carbonyl (C=O) groups is 4. The molecular formula is C34H56N4O8. The molecule has 0 N–H and O–H groups in total. The van der Waals surface area contributed by atoms with Crippen molar-refractivity contribution < 1.29 is 38.1 Å². The summed E-state index contributed by atoms with van der Waals surface area (Å²) in [6.07, 6.45) is -0.431. The smallest absolute Gasteiger partial charge is 0.410 e. The fourth-order valence-electron chi connectivity index (χ4n) is 4.68. The second-order valence-corrected chi connectivity index (χ2v) is 14.6. The Morgan fingerprint density at radius 2 is 1.11 bits per heavy atom. The van der Waals surface area contributed by atoms with Crippen molar-refractivity contribution in [1.82, 2.24) is 19.6 Å². The molecule has 0 radical (unpaired) electrons. The molecule has 0 atom stereocenters. The van der Waals surface area contributed by atoms with Gasteiger partial charge in [-0.2, -0.15) is 0 Å². The van der Waals surface area contributed by atoms with Gasteiger partial charge in [0.2, 0.25) is 0 Å². The van der Waals surface area contributed by atoms with Gasteiger partial charge in [0.05, 0.1) is 19.6 Å². The molecule has 0 bridgehead atoms. The zero-order valence-corrected chi connectivity index (χ0v) is 29.4. The minimum Gasteiger partial charge on any atom is -0.459 e. The van der Waals surface area contributed by atoms with Crippen LogP contribution in [0.4, 0.5) is 4.79 Å². The van der Waals surface area contributed by atoms with Crippen molar-refractivity contribution in [1.29, 1.82) is 0 Å². The molecule has 1 amide bonds.